The smallest absolute Gasteiger partial charge is 0.147 e. The number of rotatable bonds is 3. The first-order valence-corrected chi connectivity index (χ1v) is 6.43. The topological polar surface area (TPSA) is 12.0 Å². The molecule has 0 aliphatic rings. The van der Waals surface area contributed by atoms with E-state index in [-0.39, 0.29) is 5.69 Å². The van der Waals surface area contributed by atoms with Crippen molar-refractivity contribution in [2.24, 2.45) is 0 Å². The molecule has 0 aliphatic heterocycles. The van der Waals surface area contributed by atoms with E-state index in [1.807, 2.05) is 0 Å². The average Bonchev–Trinajstić information content (AvgIpc) is 2.32. The van der Waals surface area contributed by atoms with Crippen LogP contribution in [-0.2, 0) is 0 Å². The molecule has 0 amide bonds. The number of benzene rings is 2. The van der Waals surface area contributed by atoms with Crippen LogP contribution in [0.3, 0.4) is 0 Å². The van der Waals surface area contributed by atoms with Gasteiger partial charge in [-0.2, -0.15) is 0 Å². The van der Waals surface area contributed by atoms with Gasteiger partial charge in [-0.1, -0.05) is 6.07 Å². The van der Waals surface area contributed by atoms with Gasteiger partial charge < -0.3 is 5.32 Å². The number of hydrogen-bond acceptors (Lipinski definition) is 1. The van der Waals surface area contributed by atoms with Crippen molar-refractivity contribution in [3.05, 3.63) is 63.9 Å². The molecule has 2 aromatic rings. The first-order valence-electron chi connectivity index (χ1n) is 5.64. The minimum atomic E-state index is -0.656. The Morgan fingerprint density at radius 2 is 1.68 bits per heavy atom. The van der Waals surface area contributed by atoms with Gasteiger partial charge in [-0.05, 0) is 52.7 Å². The average molecular weight is 330 g/mol. The zero-order valence-corrected chi connectivity index (χ0v) is 11.6. The lowest BCUT2D eigenvalue weighted by Crippen LogP contribution is -2.09. The first-order chi connectivity index (χ1) is 8.97. The van der Waals surface area contributed by atoms with Crippen LogP contribution in [0, 0.1) is 17.5 Å². The second-order valence-corrected chi connectivity index (χ2v) is 5.02. The molecule has 0 fully saturated rings. The lowest BCUT2D eigenvalue weighted by Gasteiger charge is -2.17. The highest BCUT2D eigenvalue weighted by atomic mass is 79.9. The third-order valence-electron chi connectivity index (χ3n) is 2.71. The molecule has 1 nitrogen and oxygen atoms in total. The molecular formula is C14H11BrF3N. The molecule has 5 heteroatoms. The highest BCUT2D eigenvalue weighted by Crippen LogP contribution is 2.29. The molecule has 0 radical (unpaired) electrons. The summed E-state index contributed by atoms with van der Waals surface area (Å²) < 4.78 is 40.5. The predicted octanol–water partition coefficient (Wildman–Crippen LogP) is 5.04. The summed E-state index contributed by atoms with van der Waals surface area (Å²) >= 11 is 3.23. The van der Waals surface area contributed by atoms with Gasteiger partial charge in [0.1, 0.15) is 17.5 Å². The van der Waals surface area contributed by atoms with Crippen molar-refractivity contribution in [1.82, 2.24) is 0 Å². The van der Waals surface area contributed by atoms with Crippen LogP contribution < -0.4 is 5.32 Å². The van der Waals surface area contributed by atoms with Crippen molar-refractivity contribution in [1.29, 1.82) is 0 Å². The molecule has 0 bridgehead atoms. The van der Waals surface area contributed by atoms with Gasteiger partial charge in [-0.15, -0.1) is 0 Å². The number of anilines is 1. The van der Waals surface area contributed by atoms with E-state index in [0.29, 0.717) is 10.0 Å². The standard InChI is InChI=1S/C14H11BrF3N/c1-8(9-5-10(16)7-11(17)6-9)19-14-12(15)3-2-4-13(14)18/h2-8,19H,1H3. The fourth-order valence-corrected chi connectivity index (χ4v) is 2.22. The molecule has 2 rings (SSSR count). The number of para-hydroxylation sites is 1. The Morgan fingerprint density at radius 1 is 1.05 bits per heavy atom. The van der Waals surface area contributed by atoms with Crippen LogP contribution in [0.2, 0.25) is 0 Å². The maximum Gasteiger partial charge on any atom is 0.147 e. The van der Waals surface area contributed by atoms with Crippen LogP contribution in [0.15, 0.2) is 40.9 Å². The van der Waals surface area contributed by atoms with Gasteiger partial charge in [-0.3, -0.25) is 0 Å². The summed E-state index contributed by atoms with van der Waals surface area (Å²) in [7, 11) is 0. The molecule has 0 heterocycles. The van der Waals surface area contributed by atoms with Crippen LogP contribution in [0.1, 0.15) is 18.5 Å². The molecule has 100 valence electrons. The second kappa shape index (κ2) is 5.65. The number of nitrogens with one attached hydrogen (secondary N) is 1. The van der Waals surface area contributed by atoms with Crippen LogP contribution in [0.5, 0.6) is 0 Å². The van der Waals surface area contributed by atoms with E-state index < -0.39 is 23.5 Å². The molecule has 0 spiro atoms. The molecular weight excluding hydrogens is 319 g/mol. The molecule has 1 N–H and O–H groups in total. The van der Waals surface area contributed by atoms with Crippen molar-refractivity contribution in [3.8, 4) is 0 Å². The second-order valence-electron chi connectivity index (χ2n) is 4.17. The van der Waals surface area contributed by atoms with Gasteiger partial charge in [0.2, 0.25) is 0 Å². The summed E-state index contributed by atoms with van der Waals surface area (Å²) in [4.78, 5) is 0. The SMILES string of the molecule is CC(Nc1c(F)cccc1Br)c1cc(F)cc(F)c1. The van der Waals surface area contributed by atoms with E-state index in [1.54, 1.807) is 19.1 Å². The summed E-state index contributed by atoms with van der Waals surface area (Å²) in [5.74, 6) is -1.74. The van der Waals surface area contributed by atoms with Crippen LogP contribution >= 0.6 is 15.9 Å². The van der Waals surface area contributed by atoms with Crippen molar-refractivity contribution in [3.63, 3.8) is 0 Å². The summed E-state index contributed by atoms with van der Waals surface area (Å²) in [6.07, 6.45) is 0. The minimum Gasteiger partial charge on any atom is -0.375 e. The Morgan fingerprint density at radius 3 is 2.26 bits per heavy atom. The van der Waals surface area contributed by atoms with E-state index in [2.05, 4.69) is 21.2 Å². The van der Waals surface area contributed by atoms with Crippen LogP contribution in [-0.4, -0.2) is 0 Å². The Labute approximate surface area is 117 Å². The molecule has 0 saturated carbocycles. The quantitative estimate of drug-likeness (QED) is 0.831. The van der Waals surface area contributed by atoms with Gasteiger partial charge in [0.15, 0.2) is 0 Å². The number of halogens is 4. The highest BCUT2D eigenvalue weighted by Gasteiger charge is 2.13. The van der Waals surface area contributed by atoms with Crippen molar-refractivity contribution in [2.75, 3.05) is 5.32 Å². The molecule has 0 aromatic heterocycles. The first kappa shape index (κ1) is 13.9. The Kier molecular flexibility index (Phi) is 4.14. The molecule has 1 atom stereocenters. The fraction of sp³-hybridized carbons (Fsp3) is 0.143. The summed E-state index contributed by atoms with van der Waals surface area (Å²) in [5, 5.41) is 2.89. The largest absolute Gasteiger partial charge is 0.375 e. The molecule has 0 aliphatic carbocycles. The molecule has 2 aromatic carbocycles. The van der Waals surface area contributed by atoms with Crippen molar-refractivity contribution < 1.29 is 13.2 Å². The van der Waals surface area contributed by atoms with Gasteiger partial charge in [-0.25, -0.2) is 13.2 Å². The summed E-state index contributed by atoms with van der Waals surface area (Å²) in [6.45, 7) is 1.70. The maximum absolute atomic E-state index is 13.6. The predicted molar refractivity (Wildman–Crippen MR) is 72.5 cm³/mol. The number of hydrogen-bond donors (Lipinski definition) is 1. The third kappa shape index (κ3) is 3.29. The molecule has 0 saturated heterocycles. The van der Waals surface area contributed by atoms with Crippen molar-refractivity contribution in [2.45, 2.75) is 13.0 Å². The molecule has 1 unspecified atom stereocenters. The third-order valence-corrected chi connectivity index (χ3v) is 3.37. The minimum absolute atomic E-state index is 0.264. The van der Waals surface area contributed by atoms with E-state index in [9.17, 15) is 13.2 Å². The fourth-order valence-electron chi connectivity index (χ4n) is 1.76. The van der Waals surface area contributed by atoms with E-state index in [1.165, 1.54) is 18.2 Å². The van der Waals surface area contributed by atoms with E-state index in [4.69, 9.17) is 0 Å². The zero-order valence-electron chi connectivity index (χ0n) is 10.1. The normalized spacial score (nSPS) is 12.3. The van der Waals surface area contributed by atoms with Gasteiger partial charge in [0.05, 0.1) is 5.69 Å². The lowest BCUT2D eigenvalue weighted by atomic mass is 10.1. The van der Waals surface area contributed by atoms with Crippen molar-refractivity contribution >= 4 is 21.6 Å². The Hall–Kier alpha value is -1.49. The lowest BCUT2D eigenvalue weighted by molar-refractivity contribution is 0.577. The van der Waals surface area contributed by atoms with E-state index in [0.717, 1.165) is 6.07 Å². The van der Waals surface area contributed by atoms with Gasteiger partial charge in [0, 0.05) is 16.6 Å². The molecule has 19 heavy (non-hydrogen) atoms. The Bertz CT molecular complexity index is 561. The van der Waals surface area contributed by atoms with Gasteiger partial charge >= 0.3 is 0 Å². The van der Waals surface area contributed by atoms with Crippen LogP contribution in [0.4, 0.5) is 18.9 Å². The van der Waals surface area contributed by atoms with Gasteiger partial charge in [0.25, 0.3) is 0 Å². The van der Waals surface area contributed by atoms with Crippen LogP contribution in [0.25, 0.3) is 0 Å². The Balaban J connectivity index is 2.28. The maximum atomic E-state index is 13.6. The monoisotopic (exact) mass is 329 g/mol. The zero-order chi connectivity index (χ0) is 14.0. The van der Waals surface area contributed by atoms with E-state index >= 15 is 0 Å². The highest BCUT2D eigenvalue weighted by molar-refractivity contribution is 9.10. The summed E-state index contributed by atoms with van der Waals surface area (Å²) in [6, 6.07) is 7.37. The summed E-state index contributed by atoms with van der Waals surface area (Å²) in [5.41, 5.74) is 0.673.